The van der Waals surface area contributed by atoms with Crippen molar-refractivity contribution in [1.82, 2.24) is 10.4 Å². The number of nitrogens with zero attached hydrogens (tertiary/aromatic N) is 1. The summed E-state index contributed by atoms with van der Waals surface area (Å²) >= 11 is 6.06. The Hall–Kier alpha value is -2.02. The van der Waals surface area contributed by atoms with Crippen LogP contribution in [0.15, 0.2) is 42.5 Å². The molecule has 2 aromatic rings. The zero-order valence-corrected chi connectivity index (χ0v) is 17.1. The monoisotopic (exact) mass is 418 g/mol. The fourth-order valence-corrected chi connectivity index (χ4v) is 4.57. The van der Waals surface area contributed by atoms with Gasteiger partial charge in [0.2, 0.25) is 5.91 Å². The van der Waals surface area contributed by atoms with Gasteiger partial charge in [-0.25, -0.2) is 5.48 Å². The maximum Gasteiger partial charge on any atom is 0.274 e. The average molecular weight is 419 g/mol. The van der Waals surface area contributed by atoms with Gasteiger partial charge in [0, 0.05) is 23.7 Å². The molecule has 148 valence electrons. The van der Waals surface area contributed by atoms with Gasteiger partial charge >= 0.3 is 0 Å². The number of aryl methyl sites for hydroxylation is 1. The first-order valence-electron chi connectivity index (χ1n) is 9.11. The van der Waals surface area contributed by atoms with Gasteiger partial charge < -0.3 is 4.90 Å². The lowest BCUT2D eigenvalue weighted by Gasteiger charge is -2.33. The van der Waals surface area contributed by atoms with E-state index in [9.17, 15) is 9.59 Å². The quantitative estimate of drug-likeness (QED) is 0.592. The number of likely N-dealkylation sites (tertiary alicyclic amines) is 1. The van der Waals surface area contributed by atoms with Crippen LogP contribution in [0.1, 0.15) is 39.9 Å². The summed E-state index contributed by atoms with van der Waals surface area (Å²) in [6.45, 7) is 1.34. The molecule has 1 atom stereocenters. The molecule has 28 heavy (non-hydrogen) atoms. The lowest BCUT2D eigenvalue weighted by Crippen LogP contribution is -2.38. The molecule has 1 heterocycles. The zero-order chi connectivity index (χ0) is 19.0. The number of rotatable bonds is 3. The lowest BCUT2D eigenvalue weighted by molar-refractivity contribution is -0.137. The molecule has 1 aliphatic heterocycles. The smallest absolute Gasteiger partial charge is 0.274 e. The van der Waals surface area contributed by atoms with Gasteiger partial charge in [0.05, 0.1) is 5.41 Å². The predicted molar refractivity (Wildman–Crippen MR) is 112 cm³/mol. The topological polar surface area (TPSA) is 69.6 Å². The minimum Gasteiger partial charge on any atom is -0.338 e. The van der Waals surface area contributed by atoms with E-state index >= 15 is 0 Å². The van der Waals surface area contributed by atoms with Crippen LogP contribution >= 0.6 is 25.1 Å². The van der Waals surface area contributed by atoms with Crippen molar-refractivity contribution in [1.29, 1.82) is 0 Å². The van der Waals surface area contributed by atoms with Crippen LogP contribution in [-0.2, 0) is 24.2 Å². The van der Waals surface area contributed by atoms with E-state index < -0.39 is 5.91 Å². The van der Waals surface area contributed by atoms with Crippen LogP contribution in [0.25, 0.3) is 0 Å². The largest absolute Gasteiger partial charge is 0.338 e. The fourth-order valence-electron chi connectivity index (χ4n) is 4.36. The molecule has 0 aromatic heterocycles. The van der Waals surface area contributed by atoms with Crippen molar-refractivity contribution in [2.24, 2.45) is 5.41 Å². The van der Waals surface area contributed by atoms with E-state index in [1.165, 1.54) is 0 Å². The van der Waals surface area contributed by atoms with Crippen molar-refractivity contribution in [3.05, 3.63) is 69.7 Å². The summed E-state index contributed by atoms with van der Waals surface area (Å²) in [6, 6.07) is 13.1. The van der Waals surface area contributed by atoms with Gasteiger partial charge in [-0.15, -0.1) is 0 Å². The second-order valence-electron chi connectivity index (χ2n) is 7.49. The number of benzene rings is 2. The van der Waals surface area contributed by atoms with E-state index in [0.29, 0.717) is 23.6 Å². The Bertz CT molecular complexity index is 920. The van der Waals surface area contributed by atoms with E-state index in [1.54, 1.807) is 11.5 Å². The Balaban J connectivity index is 0.00000225. The molecule has 2 aliphatic rings. The lowest BCUT2D eigenvalue weighted by atomic mass is 9.70. The molecule has 1 spiro atoms. The van der Waals surface area contributed by atoms with Crippen molar-refractivity contribution in [2.75, 3.05) is 6.54 Å². The summed E-state index contributed by atoms with van der Waals surface area (Å²) in [6.07, 6.45) is 3.10. The van der Waals surface area contributed by atoms with E-state index in [0.717, 1.165) is 42.5 Å². The van der Waals surface area contributed by atoms with E-state index in [2.05, 4.69) is 0 Å². The molecular weight excluding hydrogens is 396 g/mol. The summed E-state index contributed by atoms with van der Waals surface area (Å²) in [7, 11) is 0. The number of carbonyl (C=O) groups is 2. The standard InChI is InChI=1S/C21H21ClN2O3.H2S/c22-18-3-1-2-14(10-18)13-24-9-8-21(20(24)26)7-6-15-11-16(19(25)23-27)4-5-17(15)12-21;/h1-5,10-11,27H,6-9,12-13H2,(H,23,25);1H2/t21-;/m1./s1. The van der Waals surface area contributed by atoms with Crippen LogP contribution in [0.3, 0.4) is 0 Å². The SMILES string of the molecule is O=C(NO)c1ccc2c(c1)CC[C@@]1(CCN(Cc3cccc(Cl)c3)C1=O)C2.S. The number of fused-ring (bicyclic) bond motifs is 1. The van der Waals surface area contributed by atoms with Crippen LogP contribution in [0, 0.1) is 5.41 Å². The Morgan fingerprint density at radius 1 is 1.18 bits per heavy atom. The van der Waals surface area contributed by atoms with Gasteiger partial charge in [0.1, 0.15) is 0 Å². The summed E-state index contributed by atoms with van der Waals surface area (Å²) in [5.41, 5.74) is 5.01. The predicted octanol–water partition coefficient (Wildman–Crippen LogP) is 3.48. The van der Waals surface area contributed by atoms with Crippen LogP contribution in [0.4, 0.5) is 0 Å². The molecule has 1 saturated heterocycles. The van der Waals surface area contributed by atoms with Crippen molar-refractivity contribution >= 4 is 36.9 Å². The minimum atomic E-state index is -0.511. The molecule has 1 fully saturated rings. The van der Waals surface area contributed by atoms with Gasteiger partial charge in [-0.05, 0) is 66.6 Å². The fraction of sp³-hybridized carbons (Fsp3) is 0.333. The number of hydroxylamine groups is 1. The van der Waals surface area contributed by atoms with E-state index in [4.69, 9.17) is 16.8 Å². The summed E-state index contributed by atoms with van der Waals surface area (Å²) in [4.78, 5) is 26.7. The molecule has 0 saturated carbocycles. The number of amides is 2. The molecule has 0 bridgehead atoms. The second-order valence-corrected chi connectivity index (χ2v) is 7.92. The van der Waals surface area contributed by atoms with Gasteiger partial charge in [-0.1, -0.05) is 29.8 Å². The number of hydrogen-bond acceptors (Lipinski definition) is 3. The minimum absolute atomic E-state index is 0. The zero-order valence-electron chi connectivity index (χ0n) is 15.4. The first kappa shape index (κ1) is 20.7. The number of hydrogen-bond donors (Lipinski definition) is 2. The maximum absolute atomic E-state index is 13.2. The van der Waals surface area contributed by atoms with Crippen molar-refractivity contribution in [3.8, 4) is 0 Å². The number of nitrogens with one attached hydrogen (secondary N) is 1. The van der Waals surface area contributed by atoms with Crippen molar-refractivity contribution in [3.63, 3.8) is 0 Å². The molecule has 7 heteroatoms. The van der Waals surface area contributed by atoms with Crippen LogP contribution in [0.5, 0.6) is 0 Å². The van der Waals surface area contributed by atoms with Crippen molar-refractivity contribution < 1.29 is 14.8 Å². The Kier molecular flexibility index (Phi) is 6.03. The highest BCUT2D eigenvalue weighted by atomic mass is 35.5. The first-order chi connectivity index (χ1) is 13.0. The Morgan fingerprint density at radius 2 is 2.00 bits per heavy atom. The maximum atomic E-state index is 13.2. The molecule has 2 aromatic carbocycles. The molecule has 0 radical (unpaired) electrons. The Morgan fingerprint density at radius 3 is 2.75 bits per heavy atom. The van der Waals surface area contributed by atoms with Crippen LogP contribution in [0.2, 0.25) is 5.02 Å². The molecule has 2 N–H and O–H groups in total. The van der Waals surface area contributed by atoms with Gasteiger partial charge in [0.15, 0.2) is 0 Å². The van der Waals surface area contributed by atoms with Crippen LogP contribution in [-0.4, -0.2) is 28.5 Å². The third-order valence-electron chi connectivity index (χ3n) is 5.84. The molecule has 2 amide bonds. The van der Waals surface area contributed by atoms with Gasteiger partial charge in [0.25, 0.3) is 5.91 Å². The van der Waals surface area contributed by atoms with E-state index in [1.807, 2.05) is 41.3 Å². The molecule has 4 rings (SSSR count). The first-order valence-corrected chi connectivity index (χ1v) is 9.49. The summed E-state index contributed by atoms with van der Waals surface area (Å²) in [5, 5.41) is 9.49. The van der Waals surface area contributed by atoms with Crippen LogP contribution < -0.4 is 5.48 Å². The normalized spacial score (nSPS) is 20.6. The van der Waals surface area contributed by atoms with Gasteiger partial charge in [-0.3, -0.25) is 14.8 Å². The third kappa shape index (κ3) is 3.77. The summed E-state index contributed by atoms with van der Waals surface area (Å²) < 4.78 is 0. The van der Waals surface area contributed by atoms with Crippen molar-refractivity contribution in [2.45, 2.75) is 32.2 Å². The second kappa shape index (κ2) is 8.15. The highest BCUT2D eigenvalue weighted by molar-refractivity contribution is 7.59. The molecule has 1 aliphatic carbocycles. The highest BCUT2D eigenvalue weighted by Gasteiger charge is 2.47. The molecule has 0 unspecified atom stereocenters. The summed E-state index contributed by atoms with van der Waals surface area (Å²) in [5.74, 6) is -0.298. The number of halogens is 1. The molecular formula is C21H23ClN2O3S. The number of carbonyl (C=O) groups excluding carboxylic acids is 2. The third-order valence-corrected chi connectivity index (χ3v) is 6.07. The Labute approximate surface area is 176 Å². The highest BCUT2D eigenvalue weighted by Crippen LogP contribution is 2.44. The molecule has 5 nitrogen and oxygen atoms in total. The average Bonchev–Trinajstić information content (AvgIpc) is 2.96. The van der Waals surface area contributed by atoms with E-state index in [-0.39, 0.29) is 24.8 Å². The van der Waals surface area contributed by atoms with Gasteiger partial charge in [-0.2, -0.15) is 13.5 Å².